The van der Waals surface area contributed by atoms with Gasteiger partial charge in [-0.2, -0.15) is 5.10 Å². The Bertz CT molecular complexity index is 609. The molecule has 0 aliphatic heterocycles. The van der Waals surface area contributed by atoms with Gasteiger partial charge in [-0.15, -0.1) is 0 Å². The lowest BCUT2D eigenvalue weighted by Crippen LogP contribution is -2.13. The molecule has 1 N–H and O–H groups in total. The molecule has 94 valence electrons. The topological polar surface area (TPSA) is 46.9 Å². The monoisotopic (exact) mass is 311 g/mol. The highest BCUT2D eigenvalue weighted by Crippen LogP contribution is 2.23. The summed E-state index contributed by atoms with van der Waals surface area (Å²) in [5.74, 6) is -0.719. The minimum atomic E-state index is -0.406. The lowest BCUT2D eigenvalue weighted by atomic mass is 10.2. The van der Waals surface area contributed by atoms with Crippen molar-refractivity contribution in [3.8, 4) is 0 Å². The second-order valence-electron chi connectivity index (χ2n) is 3.85. The third-order valence-electron chi connectivity index (χ3n) is 2.66. The Morgan fingerprint density at radius 2 is 2.22 bits per heavy atom. The van der Waals surface area contributed by atoms with Crippen LogP contribution >= 0.6 is 15.9 Å². The average Bonchev–Trinajstić information content (AvgIpc) is 2.65. The summed E-state index contributed by atoms with van der Waals surface area (Å²) in [6.45, 7) is 1.79. The molecule has 2 aromatic rings. The van der Waals surface area contributed by atoms with E-state index >= 15 is 0 Å². The smallest absolute Gasteiger partial charge is 0.259 e. The van der Waals surface area contributed by atoms with E-state index in [4.69, 9.17) is 0 Å². The van der Waals surface area contributed by atoms with E-state index < -0.39 is 5.82 Å². The molecule has 0 fully saturated rings. The van der Waals surface area contributed by atoms with Crippen molar-refractivity contribution >= 4 is 27.5 Å². The molecule has 1 aromatic carbocycles. The Morgan fingerprint density at radius 3 is 2.83 bits per heavy atom. The molecule has 18 heavy (non-hydrogen) atoms. The van der Waals surface area contributed by atoms with E-state index in [2.05, 4.69) is 26.3 Å². The minimum Gasteiger partial charge on any atom is -0.321 e. The van der Waals surface area contributed by atoms with E-state index in [0.29, 0.717) is 15.7 Å². The highest BCUT2D eigenvalue weighted by atomic mass is 79.9. The van der Waals surface area contributed by atoms with Gasteiger partial charge in [0.2, 0.25) is 0 Å². The van der Waals surface area contributed by atoms with Crippen LogP contribution in [0.4, 0.5) is 10.1 Å². The third kappa shape index (κ3) is 2.43. The molecule has 4 nitrogen and oxygen atoms in total. The van der Waals surface area contributed by atoms with Gasteiger partial charge in [0.15, 0.2) is 0 Å². The molecule has 6 heteroatoms. The van der Waals surface area contributed by atoms with Gasteiger partial charge in [0, 0.05) is 17.2 Å². The first-order chi connectivity index (χ1) is 8.49. The molecule has 0 aliphatic carbocycles. The summed E-state index contributed by atoms with van der Waals surface area (Å²) >= 11 is 3.25. The van der Waals surface area contributed by atoms with Gasteiger partial charge in [-0.25, -0.2) is 4.39 Å². The molecule has 1 aromatic heterocycles. The number of nitrogens with one attached hydrogen (secondary N) is 1. The van der Waals surface area contributed by atoms with Crippen LogP contribution in [0, 0.1) is 12.7 Å². The maximum Gasteiger partial charge on any atom is 0.259 e. The predicted molar refractivity (Wildman–Crippen MR) is 70.0 cm³/mol. The van der Waals surface area contributed by atoms with Crippen molar-refractivity contribution in [1.29, 1.82) is 0 Å². The molecular formula is C12H11BrFN3O. The maximum absolute atomic E-state index is 13.1. The zero-order chi connectivity index (χ0) is 13.3. The molecule has 0 unspecified atom stereocenters. The number of amides is 1. The van der Waals surface area contributed by atoms with Gasteiger partial charge < -0.3 is 5.32 Å². The van der Waals surface area contributed by atoms with E-state index in [1.54, 1.807) is 24.7 Å². The second kappa shape index (κ2) is 4.89. The molecule has 0 saturated heterocycles. The Hall–Kier alpha value is -1.69. The Balaban J connectivity index is 2.27. The molecule has 0 atom stereocenters. The van der Waals surface area contributed by atoms with E-state index in [1.807, 2.05) is 0 Å². The minimum absolute atomic E-state index is 0.313. The molecular weight excluding hydrogens is 301 g/mol. The van der Waals surface area contributed by atoms with E-state index in [0.717, 1.165) is 5.69 Å². The van der Waals surface area contributed by atoms with Crippen LogP contribution in [-0.2, 0) is 7.05 Å². The zero-order valence-electron chi connectivity index (χ0n) is 9.87. The lowest BCUT2D eigenvalue weighted by Gasteiger charge is -2.07. The number of aromatic nitrogens is 2. The number of carbonyl (C=O) groups excluding carboxylic acids is 1. The van der Waals surface area contributed by atoms with Crippen LogP contribution in [0.3, 0.4) is 0 Å². The summed E-state index contributed by atoms with van der Waals surface area (Å²) < 4.78 is 15.3. The largest absolute Gasteiger partial charge is 0.321 e. The van der Waals surface area contributed by atoms with Gasteiger partial charge in [-0.05, 0) is 41.1 Å². The van der Waals surface area contributed by atoms with Crippen LogP contribution in [0.1, 0.15) is 16.1 Å². The summed E-state index contributed by atoms with van der Waals surface area (Å²) in [6.07, 6.45) is 1.48. The van der Waals surface area contributed by atoms with Gasteiger partial charge in [0.1, 0.15) is 5.82 Å². The number of hydrogen-bond acceptors (Lipinski definition) is 2. The number of anilines is 1. The van der Waals surface area contributed by atoms with E-state index in [1.165, 1.54) is 18.3 Å². The highest BCUT2D eigenvalue weighted by Gasteiger charge is 2.14. The molecule has 1 heterocycles. The van der Waals surface area contributed by atoms with Crippen molar-refractivity contribution in [2.24, 2.45) is 7.05 Å². The number of aryl methyl sites for hydroxylation is 1. The Labute approximate surface area is 112 Å². The van der Waals surface area contributed by atoms with Gasteiger partial charge in [-0.3, -0.25) is 9.48 Å². The maximum atomic E-state index is 13.1. The first-order valence-electron chi connectivity index (χ1n) is 5.24. The number of benzene rings is 1. The van der Waals surface area contributed by atoms with Crippen molar-refractivity contribution in [1.82, 2.24) is 9.78 Å². The summed E-state index contributed by atoms with van der Waals surface area (Å²) in [6, 6.07) is 4.11. The number of nitrogens with zero attached hydrogens (tertiary/aromatic N) is 2. The average molecular weight is 312 g/mol. The summed E-state index contributed by atoms with van der Waals surface area (Å²) in [7, 11) is 1.75. The standard InChI is InChI=1S/C12H11BrFN3O/c1-7-9(6-15-17(7)2)12(18)16-11-5-8(14)3-4-10(11)13/h3-6H,1-2H3,(H,16,18). The second-order valence-corrected chi connectivity index (χ2v) is 4.70. The van der Waals surface area contributed by atoms with E-state index in [9.17, 15) is 9.18 Å². The van der Waals surface area contributed by atoms with Gasteiger partial charge in [0.25, 0.3) is 5.91 Å². The number of halogens is 2. The third-order valence-corrected chi connectivity index (χ3v) is 3.35. The van der Waals surface area contributed by atoms with Crippen LogP contribution in [0.25, 0.3) is 0 Å². The normalized spacial score (nSPS) is 10.4. The number of rotatable bonds is 2. The number of hydrogen-bond donors (Lipinski definition) is 1. The van der Waals surface area contributed by atoms with Crippen molar-refractivity contribution in [3.05, 3.63) is 45.9 Å². The molecule has 0 bridgehead atoms. The van der Waals surface area contributed by atoms with Crippen molar-refractivity contribution in [3.63, 3.8) is 0 Å². The van der Waals surface area contributed by atoms with Crippen LogP contribution in [-0.4, -0.2) is 15.7 Å². The molecule has 0 aliphatic rings. The van der Waals surface area contributed by atoms with Gasteiger partial charge in [-0.1, -0.05) is 0 Å². The van der Waals surface area contributed by atoms with Crippen LogP contribution in [0.5, 0.6) is 0 Å². The predicted octanol–water partition coefficient (Wildman–Crippen LogP) is 2.88. The Morgan fingerprint density at radius 1 is 1.50 bits per heavy atom. The van der Waals surface area contributed by atoms with Crippen molar-refractivity contribution in [2.45, 2.75) is 6.92 Å². The summed E-state index contributed by atoms with van der Waals surface area (Å²) in [5.41, 5.74) is 1.61. The zero-order valence-corrected chi connectivity index (χ0v) is 11.5. The summed E-state index contributed by atoms with van der Waals surface area (Å²) in [5, 5.41) is 6.63. The first-order valence-corrected chi connectivity index (χ1v) is 6.03. The molecule has 2 rings (SSSR count). The quantitative estimate of drug-likeness (QED) is 0.927. The van der Waals surface area contributed by atoms with Gasteiger partial charge >= 0.3 is 0 Å². The lowest BCUT2D eigenvalue weighted by molar-refractivity contribution is 0.102. The molecule has 0 spiro atoms. The fourth-order valence-electron chi connectivity index (χ4n) is 1.50. The van der Waals surface area contributed by atoms with Crippen LogP contribution < -0.4 is 5.32 Å². The fraction of sp³-hybridized carbons (Fsp3) is 0.167. The molecule has 1 amide bonds. The van der Waals surface area contributed by atoms with Crippen molar-refractivity contribution in [2.75, 3.05) is 5.32 Å². The van der Waals surface area contributed by atoms with Crippen molar-refractivity contribution < 1.29 is 9.18 Å². The van der Waals surface area contributed by atoms with Gasteiger partial charge in [0.05, 0.1) is 17.4 Å². The Kier molecular flexibility index (Phi) is 3.47. The first kappa shape index (κ1) is 12.8. The molecule has 0 radical (unpaired) electrons. The van der Waals surface area contributed by atoms with Crippen LogP contribution in [0.15, 0.2) is 28.9 Å². The number of carbonyl (C=O) groups is 1. The summed E-state index contributed by atoms with van der Waals surface area (Å²) in [4.78, 5) is 12.0. The fourth-order valence-corrected chi connectivity index (χ4v) is 1.85. The van der Waals surface area contributed by atoms with E-state index in [-0.39, 0.29) is 5.91 Å². The van der Waals surface area contributed by atoms with Crippen LogP contribution in [0.2, 0.25) is 0 Å². The highest BCUT2D eigenvalue weighted by molar-refractivity contribution is 9.10. The SMILES string of the molecule is Cc1c(C(=O)Nc2cc(F)ccc2Br)cnn1C. The molecule has 0 saturated carbocycles.